The second-order valence-electron chi connectivity index (χ2n) is 5.76. The summed E-state index contributed by atoms with van der Waals surface area (Å²) in [5.74, 6) is 0.750. The van der Waals surface area contributed by atoms with Gasteiger partial charge in [0.25, 0.3) is 0 Å². The molecule has 0 radical (unpaired) electrons. The summed E-state index contributed by atoms with van der Waals surface area (Å²) in [4.78, 5) is 0. The van der Waals surface area contributed by atoms with Crippen LogP contribution in [-0.2, 0) is 0 Å². The normalized spacial score (nSPS) is 25.2. The van der Waals surface area contributed by atoms with Gasteiger partial charge in [-0.2, -0.15) is 0 Å². The van der Waals surface area contributed by atoms with Crippen molar-refractivity contribution in [2.24, 2.45) is 0 Å². The molecule has 1 unspecified atom stereocenters. The molecule has 1 aromatic rings. The van der Waals surface area contributed by atoms with Crippen LogP contribution in [0.1, 0.15) is 56.9 Å². The van der Waals surface area contributed by atoms with Crippen LogP contribution in [-0.4, -0.2) is 23.8 Å². The van der Waals surface area contributed by atoms with Crippen molar-refractivity contribution in [1.82, 2.24) is 5.32 Å². The van der Waals surface area contributed by atoms with Gasteiger partial charge in [-0.15, -0.1) is 0 Å². The standard InChI is InChI=1S/C17H27NO/c1-2-17(19)12-13-18-16-10-8-15(9-11-16)14-6-4-3-5-7-14/h3-7,15-19H,2,8-13H2,1H3. The highest BCUT2D eigenvalue weighted by molar-refractivity contribution is 5.20. The molecule has 0 spiro atoms. The molecule has 1 aliphatic rings. The fourth-order valence-corrected chi connectivity index (χ4v) is 3.01. The van der Waals surface area contributed by atoms with Crippen molar-refractivity contribution in [3.05, 3.63) is 35.9 Å². The summed E-state index contributed by atoms with van der Waals surface area (Å²) in [6, 6.07) is 11.6. The van der Waals surface area contributed by atoms with E-state index >= 15 is 0 Å². The quantitative estimate of drug-likeness (QED) is 0.822. The summed E-state index contributed by atoms with van der Waals surface area (Å²) in [5.41, 5.74) is 1.50. The molecule has 2 N–H and O–H groups in total. The van der Waals surface area contributed by atoms with E-state index in [0.717, 1.165) is 25.3 Å². The highest BCUT2D eigenvalue weighted by atomic mass is 16.3. The minimum atomic E-state index is -0.131. The molecule has 1 aliphatic carbocycles. The van der Waals surface area contributed by atoms with E-state index in [1.807, 2.05) is 6.92 Å². The Bertz CT molecular complexity index is 344. The topological polar surface area (TPSA) is 32.3 Å². The molecule has 106 valence electrons. The predicted molar refractivity (Wildman–Crippen MR) is 80.4 cm³/mol. The van der Waals surface area contributed by atoms with Crippen molar-refractivity contribution in [3.63, 3.8) is 0 Å². The SMILES string of the molecule is CCC(O)CCNC1CCC(c2ccccc2)CC1. The largest absolute Gasteiger partial charge is 0.393 e. The van der Waals surface area contributed by atoms with E-state index in [4.69, 9.17) is 0 Å². The number of aliphatic hydroxyl groups excluding tert-OH is 1. The molecule has 0 amide bonds. The lowest BCUT2D eigenvalue weighted by atomic mass is 9.82. The summed E-state index contributed by atoms with van der Waals surface area (Å²) >= 11 is 0. The summed E-state index contributed by atoms with van der Waals surface area (Å²) in [7, 11) is 0. The van der Waals surface area contributed by atoms with Gasteiger partial charge in [0.05, 0.1) is 6.10 Å². The molecule has 2 nitrogen and oxygen atoms in total. The van der Waals surface area contributed by atoms with Crippen LogP contribution in [0.3, 0.4) is 0 Å². The molecule has 0 aromatic heterocycles. The zero-order valence-corrected chi connectivity index (χ0v) is 12.0. The lowest BCUT2D eigenvalue weighted by Gasteiger charge is -2.29. The molecule has 19 heavy (non-hydrogen) atoms. The maximum atomic E-state index is 9.54. The van der Waals surface area contributed by atoms with Gasteiger partial charge in [-0.1, -0.05) is 37.3 Å². The summed E-state index contributed by atoms with van der Waals surface area (Å²) in [6.07, 6.45) is 6.73. The molecule has 1 aromatic carbocycles. The van der Waals surface area contributed by atoms with Gasteiger partial charge in [0.15, 0.2) is 0 Å². The van der Waals surface area contributed by atoms with Gasteiger partial charge in [-0.05, 0) is 56.6 Å². The first-order valence-corrected chi connectivity index (χ1v) is 7.76. The summed E-state index contributed by atoms with van der Waals surface area (Å²) < 4.78 is 0. The lowest BCUT2D eigenvalue weighted by molar-refractivity contribution is 0.157. The number of aliphatic hydroxyl groups is 1. The van der Waals surface area contributed by atoms with Crippen molar-refractivity contribution in [3.8, 4) is 0 Å². The highest BCUT2D eigenvalue weighted by Gasteiger charge is 2.21. The number of benzene rings is 1. The molecule has 1 saturated carbocycles. The maximum Gasteiger partial charge on any atom is 0.0549 e. The number of hydrogen-bond acceptors (Lipinski definition) is 2. The zero-order chi connectivity index (χ0) is 13.5. The Labute approximate surface area is 117 Å². The van der Waals surface area contributed by atoms with Crippen LogP contribution in [0.15, 0.2) is 30.3 Å². The number of hydrogen-bond donors (Lipinski definition) is 2. The smallest absolute Gasteiger partial charge is 0.0549 e. The van der Waals surface area contributed by atoms with Crippen molar-refractivity contribution in [2.45, 2.75) is 63.5 Å². The second-order valence-corrected chi connectivity index (χ2v) is 5.76. The Balaban J connectivity index is 1.68. The van der Waals surface area contributed by atoms with E-state index in [2.05, 4.69) is 35.6 Å². The Morgan fingerprint density at radius 2 is 1.84 bits per heavy atom. The van der Waals surface area contributed by atoms with Crippen molar-refractivity contribution >= 4 is 0 Å². The summed E-state index contributed by atoms with van der Waals surface area (Å²) in [6.45, 7) is 2.99. The Morgan fingerprint density at radius 1 is 1.16 bits per heavy atom. The van der Waals surface area contributed by atoms with Crippen molar-refractivity contribution in [1.29, 1.82) is 0 Å². The average Bonchev–Trinajstić information content (AvgIpc) is 2.48. The van der Waals surface area contributed by atoms with E-state index in [1.54, 1.807) is 0 Å². The monoisotopic (exact) mass is 261 g/mol. The molecule has 0 aliphatic heterocycles. The first kappa shape index (κ1) is 14.5. The molecular weight excluding hydrogens is 234 g/mol. The van der Waals surface area contributed by atoms with Gasteiger partial charge < -0.3 is 10.4 Å². The number of rotatable bonds is 6. The Hall–Kier alpha value is -0.860. The van der Waals surface area contributed by atoms with Gasteiger partial charge in [-0.3, -0.25) is 0 Å². The predicted octanol–water partition coefficient (Wildman–Crippen LogP) is 3.46. The third-order valence-corrected chi connectivity index (χ3v) is 4.38. The minimum absolute atomic E-state index is 0.131. The summed E-state index contributed by atoms with van der Waals surface area (Å²) in [5, 5.41) is 13.1. The van der Waals surface area contributed by atoms with Gasteiger partial charge in [0, 0.05) is 6.04 Å². The average molecular weight is 261 g/mol. The number of nitrogens with one attached hydrogen (secondary N) is 1. The third kappa shape index (κ3) is 4.63. The highest BCUT2D eigenvalue weighted by Crippen LogP contribution is 2.32. The van der Waals surface area contributed by atoms with Gasteiger partial charge >= 0.3 is 0 Å². The van der Waals surface area contributed by atoms with Crippen LogP contribution in [0.25, 0.3) is 0 Å². The van der Waals surface area contributed by atoms with E-state index in [1.165, 1.54) is 31.2 Å². The zero-order valence-electron chi connectivity index (χ0n) is 12.0. The van der Waals surface area contributed by atoms with E-state index in [9.17, 15) is 5.11 Å². The van der Waals surface area contributed by atoms with Crippen LogP contribution >= 0.6 is 0 Å². The van der Waals surface area contributed by atoms with E-state index in [-0.39, 0.29) is 6.10 Å². The van der Waals surface area contributed by atoms with Crippen molar-refractivity contribution in [2.75, 3.05) is 6.54 Å². The second kappa shape index (κ2) is 7.66. The molecule has 0 saturated heterocycles. The Morgan fingerprint density at radius 3 is 2.47 bits per heavy atom. The molecule has 2 rings (SSSR count). The fourth-order valence-electron chi connectivity index (χ4n) is 3.01. The third-order valence-electron chi connectivity index (χ3n) is 4.38. The van der Waals surface area contributed by atoms with Crippen LogP contribution in [0.2, 0.25) is 0 Å². The lowest BCUT2D eigenvalue weighted by Crippen LogP contribution is -2.34. The molecule has 1 atom stereocenters. The van der Waals surface area contributed by atoms with Crippen LogP contribution in [0.5, 0.6) is 0 Å². The van der Waals surface area contributed by atoms with E-state index in [0.29, 0.717) is 6.04 Å². The van der Waals surface area contributed by atoms with Gasteiger partial charge in [-0.25, -0.2) is 0 Å². The first-order valence-electron chi connectivity index (χ1n) is 7.76. The van der Waals surface area contributed by atoms with Crippen molar-refractivity contribution < 1.29 is 5.11 Å². The first-order chi connectivity index (χ1) is 9.29. The van der Waals surface area contributed by atoms with E-state index < -0.39 is 0 Å². The maximum absolute atomic E-state index is 9.54. The molecule has 0 bridgehead atoms. The fraction of sp³-hybridized carbons (Fsp3) is 0.647. The molecular formula is C17H27NO. The Kier molecular flexibility index (Phi) is 5.87. The minimum Gasteiger partial charge on any atom is -0.393 e. The molecule has 1 fully saturated rings. The van der Waals surface area contributed by atoms with Crippen LogP contribution < -0.4 is 5.32 Å². The van der Waals surface area contributed by atoms with Crippen LogP contribution in [0.4, 0.5) is 0 Å². The molecule has 0 heterocycles. The van der Waals surface area contributed by atoms with Gasteiger partial charge in [0.1, 0.15) is 0 Å². The molecule has 2 heteroatoms. The van der Waals surface area contributed by atoms with Gasteiger partial charge in [0.2, 0.25) is 0 Å². The van der Waals surface area contributed by atoms with Crippen LogP contribution in [0, 0.1) is 0 Å².